The molecule has 0 saturated carbocycles. The molecule has 2 fully saturated rings. The van der Waals surface area contributed by atoms with Gasteiger partial charge in [0.2, 0.25) is 0 Å². The van der Waals surface area contributed by atoms with Crippen LogP contribution >= 0.6 is 0 Å². The zero-order valence-corrected chi connectivity index (χ0v) is 11.8. The lowest BCUT2D eigenvalue weighted by atomic mass is 9.82. The molecule has 4 N–H and O–H groups in total. The van der Waals surface area contributed by atoms with E-state index in [9.17, 15) is 10.2 Å². The van der Waals surface area contributed by atoms with Crippen LogP contribution in [0, 0.1) is 5.92 Å². The number of fused-ring (bicyclic) bond motifs is 3. The average Bonchev–Trinajstić information content (AvgIpc) is 3.17. The third-order valence-corrected chi connectivity index (χ3v) is 4.80. The Morgan fingerprint density at radius 1 is 1.23 bits per heavy atom. The second-order valence-corrected chi connectivity index (χ2v) is 5.90. The van der Waals surface area contributed by atoms with Crippen molar-refractivity contribution in [3.63, 3.8) is 0 Å². The maximum absolute atomic E-state index is 9.75. The monoisotopic (exact) mass is 307 g/mol. The number of nitrogens with two attached hydrogens (primary N) is 1. The van der Waals surface area contributed by atoms with Crippen molar-refractivity contribution in [1.82, 2.24) is 19.5 Å². The standard InChI is InChI=1S/C13H17N5O4/c14-10-9-11(16-6-15-10)18(7-17-9)2-12-4-22-13(3-20,5-21-12)8(12)1-19/h6-8,19-20H,1-5H2,(H2,14,15,16). The third kappa shape index (κ3) is 1.64. The van der Waals surface area contributed by atoms with Crippen LogP contribution in [-0.2, 0) is 16.0 Å². The zero-order valence-electron chi connectivity index (χ0n) is 11.8. The highest BCUT2D eigenvalue weighted by Gasteiger charge is 2.65. The fraction of sp³-hybridized carbons (Fsp3) is 0.615. The molecule has 2 aromatic rings. The third-order valence-electron chi connectivity index (χ3n) is 4.80. The van der Waals surface area contributed by atoms with E-state index in [-0.39, 0.29) is 25.7 Å². The predicted molar refractivity (Wildman–Crippen MR) is 74.8 cm³/mol. The number of rotatable bonds is 4. The molecule has 2 bridgehead atoms. The molecule has 9 nitrogen and oxygen atoms in total. The number of hydrogen-bond donors (Lipinski definition) is 3. The minimum Gasteiger partial charge on any atom is -0.396 e. The molecule has 9 heteroatoms. The molecule has 118 valence electrons. The Bertz CT molecular complexity index is 710. The van der Waals surface area contributed by atoms with Gasteiger partial charge in [-0.3, -0.25) is 0 Å². The first-order chi connectivity index (χ1) is 10.6. The quantitative estimate of drug-likeness (QED) is 0.625. The van der Waals surface area contributed by atoms with Crippen molar-refractivity contribution in [3.05, 3.63) is 12.7 Å². The van der Waals surface area contributed by atoms with Gasteiger partial charge < -0.3 is 30.0 Å². The van der Waals surface area contributed by atoms with Crippen LogP contribution in [0.2, 0.25) is 0 Å². The van der Waals surface area contributed by atoms with Crippen molar-refractivity contribution in [2.45, 2.75) is 17.7 Å². The number of hydrogen-bond acceptors (Lipinski definition) is 8. The minimum absolute atomic E-state index is 0.121. The van der Waals surface area contributed by atoms with E-state index >= 15 is 0 Å². The number of imidazole rings is 1. The van der Waals surface area contributed by atoms with Crippen molar-refractivity contribution in [2.24, 2.45) is 5.92 Å². The smallest absolute Gasteiger partial charge is 0.165 e. The molecule has 2 aliphatic rings. The minimum atomic E-state index is -0.820. The molecule has 0 aromatic carbocycles. The predicted octanol–water partition coefficient (Wildman–Crippen LogP) is -1.45. The van der Waals surface area contributed by atoms with Gasteiger partial charge >= 0.3 is 0 Å². The second kappa shape index (κ2) is 4.59. The van der Waals surface area contributed by atoms with Gasteiger partial charge in [-0.1, -0.05) is 0 Å². The number of nitrogen functional groups attached to an aromatic ring is 1. The number of ether oxygens (including phenoxy) is 2. The normalized spacial score (nSPS) is 33.8. The summed E-state index contributed by atoms with van der Waals surface area (Å²) in [5.74, 6) is 0.0151. The largest absolute Gasteiger partial charge is 0.396 e. The van der Waals surface area contributed by atoms with Gasteiger partial charge in [0, 0.05) is 5.92 Å². The van der Waals surface area contributed by atoms with E-state index in [1.54, 1.807) is 6.33 Å². The molecule has 2 aliphatic heterocycles. The van der Waals surface area contributed by atoms with E-state index in [1.807, 2.05) is 4.57 Å². The molecule has 22 heavy (non-hydrogen) atoms. The number of aliphatic hydroxyl groups is 2. The number of aromatic nitrogens is 4. The molecule has 0 aliphatic carbocycles. The topological polar surface area (TPSA) is 129 Å². The number of nitrogens with zero attached hydrogens (tertiary/aromatic N) is 4. The summed E-state index contributed by atoms with van der Waals surface area (Å²) < 4.78 is 13.5. The fourth-order valence-electron chi connectivity index (χ4n) is 3.54. The highest BCUT2D eigenvalue weighted by molar-refractivity contribution is 5.81. The maximum Gasteiger partial charge on any atom is 0.165 e. The van der Waals surface area contributed by atoms with Crippen molar-refractivity contribution >= 4 is 17.0 Å². The Morgan fingerprint density at radius 3 is 2.68 bits per heavy atom. The molecule has 3 unspecified atom stereocenters. The highest BCUT2D eigenvalue weighted by Crippen LogP contribution is 2.49. The van der Waals surface area contributed by atoms with Gasteiger partial charge in [0.25, 0.3) is 0 Å². The van der Waals surface area contributed by atoms with Crippen LogP contribution in [0.1, 0.15) is 0 Å². The van der Waals surface area contributed by atoms with Crippen molar-refractivity contribution in [3.8, 4) is 0 Å². The van der Waals surface area contributed by atoms with Crippen LogP contribution in [0.15, 0.2) is 12.7 Å². The zero-order chi connectivity index (χ0) is 15.4. The summed E-state index contributed by atoms with van der Waals surface area (Å²) in [6.45, 7) is 0.675. The molecular formula is C13H17N5O4. The van der Waals surface area contributed by atoms with E-state index in [0.29, 0.717) is 30.1 Å². The molecular weight excluding hydrogens is 290 g/mol. The van der Waals surface area contributed by atoms with Crippen LogP contribution < -0.4 is 5.73 Å². The van der Waals surface area contributed by atoms with E-state index < -0.39 is 11.2 Å². The Hall–Kier alpha value is -1.81. The molecule has 0 radical (unpaired) electrons. The molecule has 2 saturated heterocycles. The lowest BCUT2D eigenvalue weighted by Gasteiger charge is -2.29. The Morgan fingerprint density at radius 2 is 2.00 bits per heavy atom. The summed E-state index contributed by atoms with van der Waals surface area (Å²) >= 11 is 0. The molecule has 0 amide bonds. The van der Waals surface area contributed by atoms with Crippen molar-refractivity contribution in [1.29, 1.82) is 0 Å². The first kappa shape index (κ1) is 13.8. The first-order valence-corrected chi connectivity index (χ1v) is 7.05. The Kier molecular flexibility index (Phi) is 2.89. The van der Waals surface area contributed by atoms with Crippen LogP contribution in [-0.4, -0.2) is 67.4 Å². The maximum atomic E-state index is 9.75. The Labute approximate surface area is 125 Å². The molecule has 4 heterocycles. The fourth-order valence-corrected chi connectivity index (χ4v) is 3.54. The van der Waals surface area contributed by atoms with Gasteiger partial charge in [-0.25, -0.2) is 15.0 Å². The van der Waals surface area contributed by atoms with E-state index in [0.717, 1.165) is 0 Å². The van der Waals surface area contributed by atoms with Crippen LogP contribution in [0.5, 0.6) is 0 Å². The lowest BCUT2D eigenvalue weighted by molar-refractivity contribution is -0.148. The van der Waals surface area contributed by atoms with Gasteiger partial charge in [0.05, 0.1) is 39.3 Å². The summed E-state index contributed by atoms with van der Waals surface area (Å²) in [6.07, 6.45) is 3.01. The lowest BCUT2D eigenvalue weighted by Crippen LogP contribution is -2.44. The summed E-state index contributed by atoms with van der Waals surface area (Å²) in [5, 5.41) is 19.4. The van der Waals surface area contributed by atoms with Crippen LogP contribution in [0.3, 0.4) is 0 Å². The first-order valence-electron chi connectivity index (χ1n) is 7.05. The molecule has 0 spiro atoms. The van der Waals surface area contributed by atoms with E-state index in [4.69, 9.17) is 15.2 Å². The summed E-state index contributed by atoms with van der Waals surface area (Å²) in [5.41, 5.74) is 5.41. The van der Waals surface area contributed by atoms with Crippen molar-refractivity contribution in [2.75, 3.05) is 32.2 Å². The highest BCUT2D eigenvalue weighted by atomic mass is 16.6. The van der Waals surface area contributed by atoms with Crippen LogP contribution in [0.4, 0.5) is 5.82 Å². The van der Waals surface area contributed by atoms with Crippen LogP contribution in [0.25, 0.3) is 11.2 Å². The average molecular weight is 307 g/mol. The van der Waals surface area contributed by atoms with Gasteiger partial charge in [-0.2, -0.15) is 0 Å². The summed E-state index contributed by atoms with van der Waals surface area (Å²) in [4.78, 5) is 12.4. The van der Waals surface area contributed by atoms with E-state index in [2.05, 4.69) is 15.0 Å². The second-order valence-electron chi connectivity index (χ2n) is 5.90. The Balaban J connectivity index is 1.72. The van der Waals surface area contributed by atoms with Gasteiger partial charge in [0.1, 0.15) is 23.0 Å². The van der Waals surface area contributed by atoms with Gasteiger partial charge in [-0.05, 0) is 0 Å². The SMILES string of the molecule is Nc1ncnc2c1ncn2CC12COC(CO)(CO1)C2CO. The number of aliphatic hydroxyl groups excluding tert-OH is 2. The molecule has 3 atom stereocenters. The van der Waals surface area contributed by atoms with Gasteiger partial charge in [0.15, 0.2) is 11.5 Å². The summed E-state index contributed by atoms with van der Waals surface area (Å²) in [7, 11) is 0. The molecule has 4 rings (SSSR count). The van der Waals surface area contributed by atoms with E-state index in [1.165, 1.54) is 6.33 Å². The number of anilines is 1. The molecule has 2 aromatic heterocycles. The van der Waals surface area contributed by atoms with Crippen molar-refractivity contribution < 1.29 is 19.7 Å². The summed E-state index contributed by atoms with van der Waals surface area (Å²) in [6, 6.07) is 0. The van der Waals surface area contributed by atoms with Gasteiger partial charge in [-0.15, -0.1) is 0 Å².